The van der Waals surface area contributed by atoms with E-state index >= 15 is 0 Å². The van der Waals surface area contributed by atoms with Crippen molar-refractivity contribution in [1.29, 1.82) is 0 Å². The quantitative estimate of drug-likeness (QED) is 0.0630. The predicted octanol–water partition coefficient (Wildman–Crippen LogP) is 10.0. The van der Waals surface area contributed by atoms with Crippen molar-refractivity contribution in [3.05, 3.63) is 77.9 Å². The first-order chi connectivity index (χ1) is 22.0. The van der Waals surface area contributed by atoms with Crippen LogP contribution in [0.3, 0.4) is 0 Å². The molecule has 0 heterocycles. The van der Waals surface area contributed by atoms with Crippen LogP contribution in [0.25, 0.3) is 0 Å². The van der Waals surface area contributed by atoms with Gasteiger partial charge in [-0.3, -0.25) is 0 Å². The molecule has 0 N–H and O–H groups in total. The Hall–Kier alpha value is -4.00. The van der Waals surface area contributed by atoms with Crippen molar-refractivity contribution < 1.29 is 33.3 Å². The molecule has 0 atom stereocenters. The van der Waals surface area contributed by atoms with Crippen LogP contribution >= 0.6 is 0 Å². The van der Waals surface area contributed by atoms with E-state index in [2.05, 4.69) is 20.8 Å². The van der Waals surface area contributed by atoms with E-state index in [-0.39, 0.29) is 0 Å². The Labute approximate surface area is 269 Å². The molecule has 0 bridgehead atoms. The third-order valence-electron chi connectivity index (χ3n) is 7.29. The molecule has 7 heteroatoms. The van der Waals surface area contributed by atoms with E-state index in [0.717, 1.165) is 38.5 Å². The third-order valence-corrected chi connectivity index (χ3v) is 7.29. The third kappa shape index (κ3) is 13.3. The first-order valence-corrected chi connectivity index (χ1v) is 16.7. The van der Waals surface area contributed by atoms with Gasteiger partial charge >= 0.3 is 11.9 Å². The maximum absolute atomic E-state index is 13.0. The van der Waals surface area contributed by atoms with Gasteiger partial charge in [0.05, 0.1) is 30.9 Å². The molecule has 0 aliphatic rings. The zero-order valence-electron chi connectivity index (χ0n) is 27.3. The summed E-state index contributed by atoms with van der Waals surface area (Å²) >= 11 is 0. The van der Waals surface area contributed by atoms with Crippen LogP contribution in [0, 0.1) is 0 Å². The fourth-order valence-electron chi connectivity index (χ4n) is 4.57. The monoisotopic (exact) mass is 618 g/mol. The van der Waals surface area contributed by atoms with Gasteiger partial charge < -0.3 is 23.7 Å². The average molecular weight is 619 g/mol. The molecule has 0 unspecified atom stereocenters. The summed E-state index contributed by atoms with van der Waals surface area (Å²) in [7, 11) is 0. The van der Waals surface area contributed by atoms with Crippen LogP contribution < -0.4 is 23.7 Å². The SMILES string of the molecule is CCCCCCCOc1ccc(C(=O)Oc2ccc(OC(=O)c3ccc(OCCCC)cc3)cc2)cc1OCCCCCCC. The molecular formula is C38H50O7. The molecule has 0 fully saturated rings. The van der Waals surface area contributed by atoms with E-state index in [0.29, 0.717) is 59.7 Å². The van der Waals surface area contributed by atoms with Crippen molar-refractivity contribution in [2.45, 2.75) is 97.8 Å². The summed E-state index contributed by atoms with van der Waals surface area (Å²) in [5.41, 5.74) is 0.778. The molecule has 7 nitrogen and oxygen atoms in total. The van der Waals surface area contributed by atoms with Gasteiger partial charge in [0.2, 0.25) is 0 Å². The topological polar surface area (TPSA) is 80.3 Å². The summed E-state index contributed by atoms with van der Waals surface area (Å²) in [5, 5.41) is 0. The zero-order valence-corrected chi connectivity index (χ0v) is 27.3. The van der Waals surface area contributed by atoms with Gasteiger partial charge in [-0.05, 0) is 86.0 Å². The molecule has 3 aromatic rings. The highest BCUT2D eigenvalue weighted by molar-refractivity contribution is 5.92. The number of hydrogen-bond acceptors (Lipinski definition) is 7. The number of carbonyl (C=O) groups excluding carboxylic acids is 2. The number of benzene rings is 3. The highest BCUT2D eigenvalue weighted by Gasteiger charge is 2.15. The summed E-state index contributed by atoms with van der Waals surface area (Å²) in [6, 6.07) is 18.4. The summed E-state index contributed by atoms with van der Waals surface area (Å²) in [6.45, 7) is 8.32. The minimum Gasteiger partial charge on any atom is -0.494 e. The lowest BCUT2D eigenvalue weighted by Crippen LogP contribution is -2.10. The summed E-state index contributed by atoms with van der Waals surface area (Å²) in [4.78, 5) is 25.6. The smallest absolute Gasteiger partial charge is 0.343 e. The van der Waals surface area contributed by atoms with Crippen molar-refractivity contribution in [2.24, 2.45) is 0 Å². The largest absolute Gasteiger partial charge is 0.494 e. The molecule has 0 saturated carbocycles. The summed E-state index contributed by atoms with van der Waals surface area (Å²) < 4.78 is 28.9. The predicted molar refractivity (Wildman–Crippen MR) is 178 cm³/mol. The minimum absolute atomic E-state index is 0.333. The van der Waals surface area contributed by atoms with Crippen LogP contribution in [0.4, 0.5) is 0 Å². The molecule has 0 aromatic heterocycles. The van der Waals surface area contributed by atoms with Crippen molar-refractivity contribution in [3.8, 4) is 28.7 Å². The van der Waals surface area contributed by atoms with E-state index < -0.39 is 11.9 Å². The second kappa shape index (κ2) is 20.9. The fourth-order valence-corrected chi connectivity index (χ4v) is 4.57. The standard InChI is InChI=1S/C38H50O7/c1-4-7-10-12-14-27-42-35-25-18-31(29-36(35)43-28-15-13-11-8-5-2)38(40)45-34-23-21-33(22-24-34)44-37(39)30-16-19-32(20-17-30)41-26-9-6-3/h16-25,29H,4-15,26-28H2,1-3H3. The molecule has 0 aliphatic heterocycles. The van der Waals surface area contributed by atoms with E-state index in [1.807, 2.05) is 0 Å². The Bertz CT molecular complexity index is 1270. The van der Waals surface area contributed by atoms with Gasteiger partial charge in [-0.15, -0.1) is 0 Å². The first-order valence-electron chi connectivity index (χ1n) is 16.7. The van der Waals surface area contributed by atoms with Crippen LogP contribution in [0.1, 0.15) is 119 Å². The van der Waals surface area contributed by atoms with Gasteiger partial charge in [-0.2, -0.15) is 0 Å². The van der Waals surface area contributed by atoms with Crippen molar-refractivity contribution >= 4 is 11.9 Å². The normalized spacial score (nSPS) is 10.7. The lowest BCUT2D eigenvalue weighted by atomic mass is 10.1. The van der Waals surface area contributed by atoms with E-state index in [1.165, 1.54) is 38.5 Å². The molecule has 244 valence electrons. The fraction of sp³-hybridized carbons (Fsp3) is 0.474. The summed E-state index contributed by atoms with van der Waals surface area (Å²) in [5.74, 6) is 1.58. The van der Waals surface area contributed by atoms with Crippen molar-refractivity contribution in [2.75, 3.05) is 19.8 Å². The maximum atomic E-state index is 13.0. The van der Waals surface area contributed by atoms with Gasteiger partial charge in [-0.25, -0.2) is 9.59 Å². The van der Waals surface area contributed by atoms with Crippen LogP contribution in [0.15, 0.2) is 66.7 Å². The minimum atomic E-state index is -0.514. The lowest BCUT2D eigenvalue weighted by molar-refractivity contribution is 0.0719. The highest BCUT2D eigenvalue weighted by atomic mass is 16.5. The molecule has 0 radical (unpaired) electrons. The second-order valence-electron chi connectivity index (χ2n) is 11.2. The number of unbranched alkanes of at least 4 members (excludes halogenated alkanes) is 9. The number of ether oxygens (including phenoxy) is 5. The Kier molecular flexibility index (Phi) is 16.4. The number of hydrogen-bond donors (Lipinski definition) is 0. The van der Waals surface area contributed by atoms with Gasteiger partial charge in [0.25, 0.3) is 0 Å². The van der Waals surface area contributed by atoms with E-state index in [1.54, 1.807) is 66.7 Å². The molecule has 3 aromatic carbocycles. The average Bonchev–Trinajstić information content (AvgIpc) is 3.06. The zero-order chi connectivity index (χ0) is 32.1. The number of rotatable bonds is 22. The Balaban J connectivity index is 1.56. The molecule has 3 rings (SSSR count). The highest BCUT2D eigenvalue weighted by Crippen LogP contribution is 2.30. The second-order valence-corrected chi connectivity index (χ2v) is 11.2. The van der Waals surface area contributed by atoms with Crippen molar-refractivity contribution in [1.82, 2.24) is 0 Å². The molecular weight excluding hydrogens is 568 g/mol. The Morgan fingerprint density at radius 2 is 0.889 bits per heavy atom. The van der Waals surface area contributed by atoms with Gasteiger partial charge in [0.15, 0.2) is 11.5 Å². The van der Waals surface area contributed by atoms with Crippen LogP contribution in [-0.2, 0) is 0 Å². The number of esters is 2. The number of carbonyl (C=O) groups is 2. The van der Waals surface area contributed by atoms with E-state index in [4.69, 9.17) is 23.7 Å². The Morgan fingerprint density at radius 3 is 1.44 bits per heavy atom. The molecule has 0 amide bonds. The summed E-state index contributed by atoms with van der Waals surface area (Å²) in [6.07, 6.45) is 13.4. The van der Waals surface area contributed by atoms with E-state index in [9.17, 15) is 9.59 Å². The van der Waals surface area contributed by atoms with Crippen molar-refractivity contribution in [3.63, 3.8) is 0 Å². The van der Waals surface area contributed by atoms with Crippen LogP contribution in [0.2, 0.25) is 0 Å². The van der Waals surface area contributed by atoms with Crippen LogP contribution in [0.5, 0.6) is 28.7 Å². The molecule has 0 aliphatic carbocycles. The maximum Gasteiger partial charge on any atom is 0.343 e. The van der Waals surface area contributed by atoms with Gasteiger partial charge in [0, 0.05) is 0 Å². The van der Waals surface area contributed by atoms with Gasteiger partial charge in [-0.1, -0.05) is 78.6 Å². The molecule has 45 heavy (non-hydrogen) atoms. The Morgan fingerprint density at radius 1 is 0.444 bits per heavy atom. The van der Waals surface area contributed by atoms with Gasteiger partial charge in [0.1, 0.15) is 17.2 Å². The molecule has 0 saturated heterocycles. The molecule has 0 spiro atoms. The lowest BCUT2D eigenvalue weighted by Gasteiger charge is -2.14. The first kappa shape index (κ1) is 35.5. The van der Waals surface area contributed by atoms with Crippen LogP contribution in [-0.4, -0.2) is 31.8 Å².